The Kier molecular flexibility index (Phi) is 4.20. The number of halogens is 2. The summed E-state index contributed by atoms with van der Waals surface area (Å²) < 4.78 is 26.6. The maximum atomic E-state index is 12.4. The molecule has 104 valence electrons. The lowest BCUT2D eigenvalue weighted by Gasteiger charge is -2.17. The van der Waals surface area contributed by atoms with Crippen molar-refractivity contribution in [2.45, 2.75) is 11.3 Å². The molecule has 1 saturated heterocycles. The summed E-state index contributed by atoms with van der Waals surface area (Å²) in [6.45, 7) is 0.183. The van der Waals surface area contributed by atoms with E-state index in [2.05, 4.69) is 15.9 Å². The number of aliphatic carboxylic acids is 1. The van der Waals surface area contributed by atoms with Crippen molar-refractivity contribution in [2.24, 2.45) is 5.92 Å². The van der Waals surface area contributed by atoms with Gasteiger partial charge in [0.05, 0.1) is 10.9 Å². The van der Waals surface area contributed by atoms with Crippen LogP contribution < -0.4 is 0 Å². The zero-order chi connectivity index (χ0) is 14.2. The molecule has 0 saturated carbocycles. The molecule has 1 aliphatic rings. The van der Waals surface area contributed by atoms with Gasteiger partial charge in [-0.15, -0.1) is 0 Å². The van der Waals surface area contributed by atoms with Crippen LogP contribution in [0.4, 0.5) is 0 Å². The maximum Gasteiger partial charge on any atom is 0.307 e. The molecule has 19 heavy (non-hydrogen) atoms. The Hall–Kier alpha value is -0.630. The Morgan fingerprint density at radius 2 is 2.16 bits per heavy atom. The number of nitrogens with zero attached hydrogens (tertiary/aromatic N) is 1. The smallest absolute Gasteiger partial charge is 0.307 e. The van der Waals surface area contributed by atoms with Crippen LogP contribution >= 0.6 is 27.5 Å². The third kappa shape index (κ3) is 2.94. The molecule has 1 N–H and O–H groups in total. The lowest BCUT2D eigenvalue weighted by Crippen LogP contribution is -2.30. The lowest BCUT2D eigenvalue weighted by atomic mass is 10.1. The van der Waals surface area contributed by atoms with Crippen LogP contribution in [0.3, 0.4) is 0 Å². The minimum atomic E-state index is -3.75. The molecule has 1 fully saturated rings. The molecule has 2 rings (SSSR count). The number of carbonyl (C=O) groups is 1. The second kappa shape index (κ2) is 5.40. The van der Waals surface area contributed by atoms with Gasteiger partial charge in [0, 0.05) is 17.6 Å². The van der Waals surface area contributed by atoms with Crippen LogP contribution in [0.1, 0.15) is 6.42 Å². The molecule has 0 spiro atoms. The molecule has 1 unspecified atom stereocenters. The van der Waals surface area contributed by atoms with E-state index in [1.165, 1.54) is 16.4 Å². The third-order valence-corrected chi connectivity index (χ3v) is 5.85. The largest absolute Gasteiger partial charge is 0.481 e. The van der Waals surface area contributed by atoms with Gasteiger partial charge < -0.3 is 5.11 Å². The van der Waals surface area contributed by atoms with E-state index in [0.717, 1.165) is 0 Å². The van der Waals surface area contributed by atoms with Crippen LogP contribution in [0.25, 0.3) is 0 Å². The SMILES string of the molecule is O=C(O)C1CCN(S(=O)(=O)c2cc(Br)ccc2Cl)C1. The van der Waals surface area contributed by atoms with Crippen molar-refractivity contribution in [3.63, 3.8) is 0 Å². The zero-order valence-electron chi connectivity index (χ0n) is 9.71. The van der Waals surface area contributed by atoms with Crippen LogP contribution in [-0.2, 0) is 14.8 Å². The Labute approximate surface area is 124 Å². The molecule has 0 radical (unpaired) electrons. The Morgan fingerprint density at radius 1 is 1.47 bits per heavy atom. The minimum absolute atomic E-state index is 0.00502. The average molecular weight is 369 g/mol. The first kappa shape index (κ1) is 14.8. The van der Waals surface area contributed by atoms with Crippen molar-refractivity contribution in [1.82, 2.24) is 4.31 Å². The summed E-state index contributed by atoms with van der Waals surface area (Å²) in [5, 5.41) is 9.04. The minimum Gasteiger partial charge on any atom is -0.481 e. The predicted molar refractivity (Wildman–Crippen MR) is 73.7 cm³/mol. The number of carboxylic acids is 1. The fraction of sp³-hybridized carbons (Fsp3) is 0.364. The number of carboxylic acid groups (broad SMARTS) is 1. The zero-order valence-corrected chi connectivity index (χ0v) is 12.9. The molecular weight excluding hydrogens is 358 g/mol. The third-order valence-electron chi connectivity index (χ3n) is 3.01. The highest BCUT2D eigenvalue weighted by molar-refractivity contribution is 9.10. The number of benzene rings is 1. The fourth-order valence-electron chi connectivity index (χ4n) is 1.96. The van der Waals surface area contributed by atoms with Crippen LogP contribution in [0.2, 0.25) is 5.02 Å². The van der Waals surface area contributed by atoms with E-state index >= 15 is 0 Å². The number of hydrogen-bond acceptors (Lipinski definition) is 3. The Balaban J connectivity index is 2.33. The first-order valence-corrected chi connectivity index (χ1v) is 8.11. The summed E-state index contributed by atoms with van der Waals surface area (Å²) in [6.07, 6.45) is 0.320. The number of hydrogen-bond donors (Lipinski definition) is 1. The van der Waals surface area contributed by atoms with Crippen LogP contribution in [-0.4, -0.2) is 36.9 Å². The van der Waals surface area contributed by atoms with Crippen molar-refractivity contribution in [1.29, 1.82) is 0 Å². The summed E-state index contributed by atoms with van der Waals surface area (Å²) in [4.78, 5) is 10.9. The van der Waals surface area contributed by atoms with Gasteiger partial charge in [-0.1, -0.05) is 27.5 Å². The second-order valence-electron chi connectivity index (χ2n) is 4.26. The molecule has 1 aliphatic heterocycles. The molecular formula is C11H11BrClNO4S. The van der Waals surface area contributed by atoms with E-state index in [1.807, 2.05) is 0 Å². The summed E-state index contributed by atoms with van der Waals surface area (Å²) >= 11 is 9.11. The fourth-order valence-corrected chi connectivity index (χ4v) is 4.48. The summed E-state index contributed by atoms with van der Waals surface area (Å²) in [7, 11) is -3.75. The van der Waals surface area contributed by atoms with Crippen LogP contribution in [0.5, 0.6) is 0 Å². The van der Waals surface area contributed by atoms with E-state index in [4.69, 9.17) is 16.7 Å². The first-order chi connectivity index (χ1) is 8.82. The molecule has 0 aliphatic carbocycles. The highest BCUT2D eigenvalue weighted by Crippen LogP contribution is 2.30. The normalized spacial score (nSPS) is 20.6. The van der Waals surface area contributed by atoms with Crippen LogP contribution in [0.15, 0.2) is 27.6 Å². The second-order valence-corrected chi connectivity index (χ2v) is 7.49. The van der Waals surface area contributed by atoms with E-state index in [0.29, 0.717) is 10.9 Å². The van der Waals surface area contributed by atoms with E-state index in [1.54, 1.807) is 6.07 Å². The van der Waals surface area contributed by atoms with Crippen molar-refractivity contribution in [3.8, 4) is 0 Å². The molecule has 1 heterocycles. The van der Waals surface area contributed by atoms with Gasteiger partial charge in [-0.3, -0.25) is 4.79 Å². The van der Waals surface area contributed by atoms with E-state index in [-0.39, 0.29) is 23.0 Å². The monoisotopic (exact) mass is 367 g/mol. The summed E-state index contributed by atoms with van der Waals surface area (Å²) in [6, 6.07) is 4.56. The van der Waals surface area contributed by atoms with Crippen molar-refractivity contribution in [3.05, 3.63) is 27.7 Å². The van der Waals surface area contributed by atoms with Gasteiger partial charge in [-0.25, -0.2) is 8.42 Å². The molecule has 5 nitrogen and oxygen atoms in total. The van der Waals surface area contributed by atoms with Gasteiger partial charge >= 0.3 is 5.97 Å². The van der Waals surface area contributed by atoms with E-state index < -0.39 is 21.9 Å². The van der Waals surface area contributed by atoms with Crippen molar-refractivity contribution < 1.29 is 18.3 Å². The van der Waals surface area contributed by atoms with Crippen molar-refractivity contribution in [2.75, 3.05) is 13.1 Å². The van der Waals surface area contributed by atoms with Crippen molar-refractivity contribution >= 4 is 43.5 Å². The van der Waals surface area contributed by atoms with E-state index in [9.17, 15) is 13.2 Å². The van der Waals surface area contributed by atoms with Crippen LogP contribution in [0, 0.1) is 5.92 Å². The van der Waals surface area contributed by atoms with Gasteiger partial charge in [0.1, 0.15) is 4.90 Å². The summed E-state index contributed by atoms with van der Waals surface area (Å²) in [5.41, 5.74) is 0. The molecule has 1 aromatic carbocycles. The number of sulfonamides is 1. The predicted octanol–water partition coefficient (Wildman–Crippen LogP) is 2.20. The maximum absolute atomic E-state index is 12.4. The van der Waals surface area contributed by atoms with Gasteiger partial charge in [0.2, 0.25) is 10.0 Å². The quantitative estimate of drug-likeness (QED) is 0.887. The van der Waals surface area contributed by atoms with Gasteiger partial charge in [-0.05, 0) is 24.6 Å². The Bertz CT molecular complexity index is 619. The standard InChI is InChI=1S/C11H11BrClNO4S/c12-8-1-2-9(13)10(5-8)19(17,18)14-4-3-7(6-14)11(15)16/h1-2,5,7H,3-4,6H2,(H,15,16). The Morgan fingerprint density at radius 3 is 2.74 bits per heavy atom. The number of rotatable bonds is 3. The molecule has 0 amide bonds. The average Bonchev–Trinajstić information content (AvgIpc) is 2.82. The molecule has 8 heteroatoms. The molecule has 1 atom stereocenters. The van der Waals surface area contributed by atoms with Gasteiger partial charge in [0.15, 0.2) is 0 Å². The summed E-state index contributed by atoms with van der Waals surface area (Å²) in [5.74, 6) is -1.63. The highest BCUT2D eigenvalue weighted by atomic mass is 79.9. The molecule has 1 aromatic rings. The first-order valence-electron chi connectivity index (χ1n) is 5.50. The highest BCUT2D eigenvalue weighted by Gasteiger charge is 2.36. The molecule has 0 bridgehead atoms. The van der Waals surface area contributed by atoms with Gasteiger partial charge in [-0.2, -0.15) is 4.31 Å². The lowest BCUT2D eigenvalue weighted by molar-refractivity contribution is -0.141. The topological polar surface area (TPSA) is 74.7 Å². The van der Waals surface area contributed by atoms with Gasteiger partial charge in [0.25, 0.3) is 0 Å². The molecule has 0 aromatic heterocycles.